The monoisotopic (exact) mass is 274 g/mol. The van der Waals surface area contributed by atoms with Crippen LogP contribution in [0.3, 0.4) is 0 Å². The van der Waals surface area contributed by atoms with Crippen molar-refractivity contribution in [1.29, 1.82) is 0 Å². The number of amides is 2. The first kappa shape index (κ1) is 13.6. The molecule has 5 nitrogen and oxygen atoms in total. The number of carbonyl (C=O) groups excluding carboxylic acids is 1. The molecule has 1 saturated carbocycles. The number of carbonyl (C=O) groups is 1. The van der Waals surface area contributed by atoms with Gasteiger partial charge in [-0.1, -0.05) is 6.92 Å². The first-order valence-corrected chi connectivity index (χ1v) is 8.54. The van der Waals surface area contributed by atoms with Gasteiger partial charge < -0.3 is 10.6 Å². The van der Waals surface area contributed by atoms with Crippen LogP contribution >= 0.6 is 0 Å². The molecule has 0 aromatic heterocycles. The first-order chi connectivity index (χ1) is 8.44. The van der Waals surface area contributed by atoms with Crippen molar-refractivity contribution in [3.63, 3.8) is 0 Å². The minimum absolute atomic E-state index is 0.0854. The maximum Gasteiger partial charge on any atom is 0.315 e. The van der Waals surface area contributed by atoms with E-state index < -0.39 is 9.84 Å². The molecule has 0 aromatic carbocycles. The highest BCUT2D eigenvalue weighted by Crippen LogP contribution is 2.23. The molecule has 6 heteroatoms. The highest BCUT2D eigenvalue weighted by Gasteiger charge is 2.29. The maximum atomic E-state index is 11.7. The Balaban J connectivity index is 1.73. The Morgan fingerprint density at radius 2 is 1.61 bits per heavy atom. The van der Waals surface area contributed by atoms with Crippen LogP contribution in [0.1, 0.15) is 39.0 Å². The molecule has 18 heavy (non-hydrogen) atoms. The third-order valence-corrected chi connectivity index (χ3v) is 5.69. The standard InChI is InChI=1S/C12H22N2O3S/c1-9-2-4-10(5-3-9)13-12(15)14-11-6-7-18(16,17)8-11/h9-11H,2-8H2,1H3,(H2,13,14,15). The lowest BCUT2D eigenvalue weighted by molar-refractivity contribution is 0.226. The molecule has 2 amide bonds. The number of sulfone groups is 1. The van der Waals surface area contributed by atoms with Gasteiger partial charge in [0.2, 0.25) is 0 Å². The minimum Gasteiger partial charge on any atom is -0.335 e. The Hall–Kier alpha value is -0.780. The zero-order chi connectivity index (χ0) is 13.2. The molecule has 0 radical (unpaired) electrons. The van der Waals surface area contributed by atoms with Crippen molar-refractivity contribution in [3.05, 3.63) is 0 Å². The molecule has 1 saturated heterocycles. The lowest BCUT2D eigenvalue weighted by atomic mass is 9.87. The Morgan fingerprint density at radius 3 is 2.17 bits per heavy atom. The van der Waals surface area contributed by atoms with Crippen molar-refractivity contribution in [2.75, 3.05) is 11.5 Å². The predicted octanol–water partition coefficient (Wildman–Crippen LogP) is 1.05. The molecule has 2 rings (SSSR count). The van der Waals surface area contributed by atoms with Crippen molar-refractivity contribution in [2.45, 2.75) is 51.1 Å². The van der Waals surface area contributed by atoms with E-state index in [0.717, 1.165) is 31.6 Å². The van der Waals surface area contributed by atoms with Gasteiger partial charge in [-0.3, -0.25) is 0 Å². The van der Waals surface area contributed by atoms with E-state index in [4.69, 9.17) is 0 Å². The molecule has 2 N–H and O–H groups in total. The van der Waals surface area contributed by atoms with Crippen LogP contribution < -0.4 is 10.6 Å². The van der Waals surface area contributed by atoms with Gasteiger partial charge in [0.05, 0.1) is 11.5 Å². The normalized spacial score (nSPS) is 35.1. The van der Waals surface area contributed by atoms with Crippen molar-refractivity contribution < 1.29 is 13.2 Å². The van der Waals surface area contributed by atoms with E-state index >= 15 is 0 Å². The van der Waals surface area contributed by atoms with Crippen molar-refractivity contribution >= 4 is 15.9 Å². The molecule has 2 aliphatic rings. The summed E-state index contributed by atoms with van der Waals surface area (Å²) in [5.74, 6) is 1.03. The smallest absolute Gasteiger partial charge is 0.315 e. The number of nitrogens with one attached hydrogen (secondary N) is 2. The van der Waals surface area contributed by atoms with Crippen LogP contribution in [-0.4, -0.2) is 38.0 Å². The molecule has 2 fully saturated rings. The average molecular weight is 274 g/mol. The van der Waals surface area contributed by atoms with Crippen molar-refractivity contribution in [2.24, 2.45) is 5.92 Å². The predicted molar refractivity (Wildman–Crippen MR) is 70.1 cm³/mol. The summed E-state index contributed by atoms with van der Waals surface area (Å²) in [6.45, 7) is 2.24. The first-order valence-electron chi connectivity index (χ1n) is 6.72. The van der Waals surface area contributed by atoms with Gasteiger partial charge in [0.25, 0.3) is 0 Å². The van der Waals surface area contributed by atoms with Crippen LogP contribution in [0.2, 0.25) is 0 Å². The second-order valence-corrected chi connectivity index (χ2v) is 7.90. The summed E-state index contributed by atoms with van der Waals surface area (Å²) < 4.78 is 22.6. The number of urea groups is 1. The summed E-state index contributed by atoms with van der Waals surface area (Å²) in [5, 5.41) is 5.71. The van der Waals surface area contributed by atoms with E-state index in [-0.39, 0.29) is 29.6 Å². The largest absolute Gasteiger partial charge is 0.335 e. The molecule has 104 valence electrons. The molecule has 0 aromatic rings. The van der Waals surface area contributed by atoms with Crippen LogP contribution in [-0.2, 0) is 9.84 Å². The van der Waals surface area contributed by atoms with Gasteiger partial charge in [-0.2, -0.15) is 0 Å². The topological polar surface area (TPSA) is 75.3 Å². The Labute approximate surface area is 109 Å². The lowest BCUT2D eigenvalue weighted by Crippen LogP contribution is -2.47. The molecule has 0 spiro atoms. The minimum atomic E-state index is -2.92. The van der Waals surface area contributed by atoms with Gasteiger partial charge in [0, 0.05) is 12.1 Å². The fourth-order valence-electron chi connectivity index (χ4n) is 2.73. The molecular weight excluding hydrogens is 252 g/mol. The van der Waals surface area contributed by atoms with Crippen LogP contribution in [0.4, 0.5) is 4.79 Å². The number of hydrogen-bond donors (Lipinski definition) is 2. The summed E-state index contributed by atoms with van der Waals surface area (Å²) in [7, 11) is -2.92. The second kappa shape index (κ2) is 5.47. The summed E-state index contributed by atoms with van der Waals surface area (Å²) in [6.07, 6.45) is 4.90. The quantitative estimate of drug-likeness (QED) is 0.790. The number of hydrogen-bond acceptors (Lipinski definition) is 3. The molecule has 1 heterocycles. The third kappa shape index (κ3) is 3.86. The van der Waals surface area contributed by atoms with E-state index in [2.05, 4.69) is 17.6 Å². The molecule has 1 aliphatic heterocycles. The Morgan fingerprint density at radius 1 is 1.00 bits per heavy atom. The fraction of sp³-hybridized carbons (Fsp3) is 0.917. The third-order valence-electron chi connectivity index (χ3n) is 3.92. The van der Waals surface area contributed by atoms with E-state index in [1.165, 1.54) is 0 Å². The average Bonchev–Trinajstić information content (AvgIpc) is 2.61. The zero-order valence-electron chi connectivity index (χ0n) is 10.8. The zero-order valence-corrected chi connectivity index (χ0v) is 11.6. The summed E-state index contributed by atoms with van der Waals surface area (Å²) in [6, 6.07) is -0.173. The highest BCUT2D eigenvalue weighted by molar-refractivity contribution is 7.91. The number of rotatable bonds is 2. The molecule has 1 atom stereocenters. The van der Waals surface area contributed by atoms with E-state index in [9.17, 15) is 13.2 Å². The summed E-state index contributed by atoms with van der Waals surface area (Å²) in [5.41, 5.74) is 0. The molecule has 0 bridgehead atoms. The van der Waals surface area contributed by atoms with Gasteiger partial charge in [-0.05, 0) is 38.0 Å². The van der Waals surface area contributed by atoms with Gasteiger partial charge in [0.1, 0.15) is 0 Å². The SMILES string of the molecule is CC1CCC(NC(=O)NC2CCS(=O)(=O)C2)CC1. The van der Waals surface area contributed by atoms with E-state index in [1.807, 2.05) is 0 Å². The molecular formula is C12H22N2O3S. The van der Waals surface area contributed by atoms with Gasteiger partial charge >= 0.3 is 6.03 Å². The van der Waals surface area contributed by atoms with Gasteiger partial charge in [-0.25, -0.2) is 13.2 Å². The van der Waals surface area contributed by atoms with E-state index in [0.29, 0.717) is 6.42 Å². The molecule has 1 unspecified atom stereocenters. The summed E-state index contributed by atoms with van der Waals surface area (Å²) >= 11 is 0. The highest BCUT2D eigenvalue weighted by atomic mass is 32.2. The second-order valence-electron chi connectivity index (χ2n) is 5.67. The maximum absolute atomic E-state index is 11.7. The fourth-order valence-corrected chi connectivity index (χ4v) is 4.40. The molecule has 1 aliphatic carbocycles. The van der Waals surface area contributed by atoms with Gasteiger partial charge in [-0.15, -0.1) is 0 Å². The van der Waals surface area contributed by atoms with Crippen LogP contribution in [0.15, 0.2) is 0 Å². The van der Waals surface area contributed by atoms with Crippen LogP contribution in [0.5, 0.6) is 0 Å². The Kier molecular flexibility index (Phi) is 4.14. The van der Waals surface area contributed by atoms with E-state index in [1.54, 1.807) is 0 Å². The Bertz CT molecular complexity index is 400. The summed E-state index contributed by atoms with van der Waals surface area (Å²) in [4.78, 5) is 11.7. The lowest BCUT2D eigenvalue weighted by Gasteiger charge is -2.27. The van der Waals surface area contributed by atoms with Crippen LogP contribution in [0.25, 0.3) is 0 Å². The van der Waals surface area contributed by atoms with Crippen molar-refractivity contribution in [1.82, 2.24) is 10.6 Å². The van der Waals surface area contributed by atoms with Gasteiger partial charge in [0.15, 0.2) is 9.84 Å². The van der Waals surface area contributed by atoms with Crippen LogP contribution in [0, 0.1) is 5.92 Å². The van der Waals surface area contributed by atoms with Crippen molar-refractivity contribution in [3.8, 4) is 0 Å².